The van der Waals surface area contributed by atoms with E-state index in [0.717, 1.165) is 45.6 Å². The number of likely N-dealkylation sites (tertiary alicyclic amines) is 1. The summed E-state index contributed by atoms with van der Waals surface area (Å²) in [4.78, 5) is 19.0. The van der Waals surface area contributed by atoms with Gasteiger partial charge in [0.15, 0.2) is 5.82 Å². The first-order chi connectivity index (χ1) is 22.9. The fourth-order valence-corrected chi connectivity index (χ4v) is 6.90. The minimum absolute atomic E-state index is 0.0153. The molecule has 0 spiro atoms. The van der Waals surface area contributed by atoms with Gasteiger partial charge in [-0.2, -0.15) is 9.97 Å². The number of aromatic hydroxyl groups is 1. The summed E-state index contributed by atoms with van der Waals surface area (Å²) >= 11 is 0. The van der Waals surface area contributed by atoms with E-state index in [2.05, 4.69) is 26.0 Å². The molecule has 3 aliphatic rings. The zero-order valence-corrected chi connectivity index (χ0v) is 27.6. The van der Waals surface area contributed by atoms with Crippen LogP contribution in [0.1, 0.15) is 64.1 Å². The van der Waals surface area contributed by atoms with Crippen molar-refractivity contribution in [3.8, 4) is 35.4 Å². The first-order valence-electron chi connectivity index (χ1n) is 17.0. The van der Waals surface area contributed by atoms with E-state index in [9.17, 15) is 9.50 Å². The predicted molar refractivity (Wildman–Crippen MR) is 183 cm³/mol. The molecule has 2 saturated heterocycles. The Morgan fingerprint density at radius 1 is 1.00 bits per heavy atom. The number of piperazine rings is 1. The fourth-order valence-electron chi connectivity index (χ4n) is 6.90. The van der Waals surface area contributed by atoms with Crippen LogP contribution in [0.25, 0.3) is 32.9 Å². The Hall–Kier alpha value is -4.07. The predicted octanol–water partition coefficient (Wildman–Crippen LogP) is 6.45. The maximum atomic E-state index is 16.9. The molecule has 0 bridgehead atoms. The number of nitrogens with one attached hydrogen (secondary N) is 1. The SMILES string of the molecule is C#Cc1c(F)ccc2cc(O)cc(-c3nc(CC)c4c(N5CCNCC5)nc(OCC5(CN6CCCCC6)CC5)nc4c3F)c12.CC. The molecule has 4 aromatic rings. The molecule has 7 rings (SSSR count). The normalized spacial score (nSPS) is 17.7. The van der Waals surface area contributed by atoms with Gasteiger partial charge in [0, 0.05) is 49.1 Å². The molecule has 4 heterocycles. The van der Waals surface area contributed by atoms with Crippen LogP contribution in [-0.4, -0.2) is 77.4 Å². The van der Waals surface area contributed by atoms with Crippen LogP contribution in [0, 0.1) is 29.4 Å². The molecule has 3 fully saturated rings. The number of aromatic nitrogens is 3. The lowest BCUT2D eigenvalue weighted by Gasteiger charge is -2.31. The van der Waals surface area contributed by atoms with Crippen LogP contribution in [0.5, 0.6) is 11.8 Å². The van der Waals surface area contributed by atoms with E-state index in [4.69, 9.17) is 21.1 Å². The second kappa shape index (κ2) is 14.0. The van der Waals surface area contributed by atoms with E-state index < -0.39 is 11.6 Å². The molecule has 0 atom stereocenters. The average molecular weight is 643 g/mol. The number of terminal acetylenes is 1. The number of phenols is 1. The number of halogens is 2. The third-order valence-electron chi connectivity index (χ3n) is 9.50. The quantitative estimate of drug-likeness (QED) is 0.212. The van der Waals surface area contributed by atoms with Crippen molar-refractivity contribution in [2.75, 3.05) is 57.3 Å². The number of phenolic OH excluding ortho intramolecular Hbond substituents is 1. The summed E-state index contributed by atoms with van der Waals surface area (Å²) in [6, 6.07) is 5.76. The van der Waals surface area contributed by atoms with Gasteiger partial charge in [-0.05, 0) is 68.8 Å². The smallest absolute Gasteiger partial charge is 0.319 e. The van der Waals surface area contributed by atoms with E-state index in [1.807, 2.05) is 20.8 Å². The van der Waals surface area contributed by atoms with E-state index in [0.29, 0.717) is 53.8 Å². The Kier molecular flexibility index (Phi) is 9.76. The lowest BCUT2D eigenvalue weighted by molar-refractivity contribution is 0.139. The number of pyridine rings is 1. The highest BCUT2D eigenvalue weighted by Gasteiger charge is 2.45. The number of rotatable bonds is 8. The van der Waals surface area contributed by atoms with Gasteiger partial charge in [-0.3, -0.25) is 0 Å². The number of fused-ring (bicyclic) bond motifs is 2. The van der Waals surface area contributed by atoms with Crippen LogP contribution in [-0.2, 0) is 6.42 Å². The van der Waals surface area contributed by atoms with Crippen molar-refractivity contribution < 1.29 is 18.6 Å². The number of ether oxygens (including phenoxy) is 1. The summed E-state index contributed by atoms with van der Waals surface area (Å²) in [6.45, 7) is 12.6. The summed E-state index contributed by atoms with van der Waals surface area (Å²) in [6.07, 6.45) is 12.1. The van der Waals surface area contributed by atoms with Gasteiger partial charge in [0.1, 0.15) is 28.6 Å². The maximum Gasteiger partial charge on any atom is 0.319 e. The lowest BCUT2D eigenvalue weighted by Crippen LogP contribution is -2.44. The van der Waals surface area contributed by atoms with Gasteiger partial charge in [-0.25, -0.2) is 13.8 Å². The summed E-state index contributed by atoms with van der Waals surface area (Å²) in [5, 5.41) is 15.3. The molecule has 1 aliphatic carbocycles. The minimum atomic E-state index is -0.695. The van der Waals surface area contributed by atoms with Gasteiger partial charge >= 0.3 is 6.01 Å². The van der Waals surface area contributed by atoms with Crippen LogP contribution in [0.15, 0.2) is 24.3 Å². The Labute approximate surface area is 275 Å². The van der Waals surface area contributed by atoms with Gasteiger partial charge in [0.2, 0.25) is 0 Å². The molecule has 0 amide bonds. The van der Waals surface area contributed by atoms with Crippen LogP contribution in [0.4, 0.5) is 14.6 Å². The highest BCUT2D eigenvalue weighted by atomic mass is 19.1. The molecule has 8 nitrogen and oxygen atoms in total. The molecule has 0 radical (unpaired) electrons. The van der Waals surface area contributed by atoms with Crippen molar-refractivity contribution >= 4 is 27.5 Å². The number of anilines is 1. The summed E-state index contributed by atoms with van der Waals surface area (Å²) in [5.41, 5.74) is 0.888. The summed E-state index contributed by atoms with van der Waals surface area (Å²) < 4.78 is 38.1. The fraction of sp³-hybridized carbons (Fsp3) is 0.486. The summed E-state index contributed by atoms with van der Waals surface area (Å²) in [7, 11) is 0. The lowest BCUT2D eigenvalue weighted by atomic mass is 9.95. The standard InChI is InChI=1S/C35H38F2N6O2.C2H6/c1-3-24-26(36)9-8-22-18-23(44)19-25(28(22)24)31-30(37)32-29(27(4-2)39-31)33(43-16-12-38-13-17-43)41-34(40-32)45-21-35(10-11-35)20-42-14-6-5-7-15-42;1-2/h1,8-9,18-19,38,44H,4-7,10-17,20-21H2,2H3;1-2H3. The van der Waals surface area contributed by atoms with Crippen molar-refractivity contribution in [3.05, 3.63) is 47.2 Å². The molecule has 2 aliphatic heterocycles. The van der Waals surface area contributed by atoms with Crippen molar-refractivity contribution in [2.45, 2.75) is 59.3 Å². The van der Waals surface area contributed by atoms with E-state index >= 15 is 4.39 Å². The van der Waals surface area contributed by atoms with Crippen molar-refractivity contribution in [2.24, 2.45) is 5.41 Å². The van der Waals surface area contributed by atoms with Crippen molar-refractivity contribution in [1.82, 2.24) is 25.2 Å². The Bertz CT molecular complexity index is 1810. The Morgan fingerprint density at radius 2 is 1.74 bits per heavy atom. The van der Waals surface area contributed by atoms with Gasteiger partial charge in [-0.1, -0.05) is 39.2 Å². The third kappa shape index (κ3) is 6.56. The largest absolute Gasteiger partial charge is 0.508 e. The zero-order chi connectivity index (χ0) is 33.1. The maximum absolute atomic E-state index is 16.9. The van der Waals surface area contributed by atoms with Crippen molar-refractivity contribution in [3.63, 3.8) is 0 Å². The zero-order valence-electron chi connectivity index (χ0n) is 27.6. The molecule has 2 N–H and O–H groups in total. The van der Waals surface area contributed by atoms with E-state index in [-0.39, 0.29) is 39.5 Å². The highest BCUT2D eigenvalue weighted by molar-refractivity contribution is 6.03. The van der Waals surface area contributed by atoms with Crippen LogP contribution < -0.4 is 15.0 Å². The molecule has 2 aromatic carbocycles. The minimum Gasteiger partial charge on any atom is -0.508 e. The molecule has 10 heteroatoms. The molecule has 2 aromatic heterocycles. The average Bonchev–Trinajstić information content (AvgIpc) is 3.88. The monoisotopic (exact) mass is 642 g/mol. The number of aryl methyl sites for hydroxylation is 1. The first kappa shape index (κ1) is 32.9. The van der Waals surface area contributed by atoms with Gasteiger partial charge in [-0.15, -0.1) is 6.42 Å². The molecular formula is C37H44F2N6O2. The number of hydrogen-bond acceptors (Lipinski definition) is 8. The number of benzene rings is 2. The molecule has 1 saturated carbocycles. The number of hydrogen-bond donors (Lipinski definition) is 2. The number of piperidine rings is 1. The third-order valence-corrected chi connectivity index (χ3v) is 9.50. The second-order valence-electron chi connectivity index (χ2n) is 12.6. The molecule has 248 valence electrons. The van der Waals surface area contributed by atoms with Gasteiger partial charge < -0.3 is 25.0 Å². The highest BCUT2D eigenvalue weighted by Crippen LogP contribution is 2.47. The topological polar surface area (TPSA) is 86.6 Å². The Morgan fingerprint density at radius 3 is 2.43 bits per heavy atom. The Balaban J connectivity index is 0.00000190. The van der Waals surface area contributed by atoms with Crippen LogP contribution in [0.3, 0.4) is 0 Å². The summed E-state index contributed by atoms with van der Waals surface area (Å²) in [5.74, 6) is 1.60. The van der Waals surface area contributed by atoms with Gasteiger partial charge in [0.05, 0.1) is 23.3 Å². The van der Waals surface area contributed by atoms with Crippen LogP contribution >= 0.6 is 0 Å². The second-order valence-corrected chi connectivity index (χ2v) is 12.6. The molecular weight excluding hydrogens is 598 g/mol. The van der Waals surface area contributed by atoms with E-state index in [1.165, 1.54) is 43.5 Å². The van der Waals surface area contributed by atoms with Crippen molar-refractivity contribution in [1.29, 1.82) is 0 Å². The van der Waals surface area contributed by atoms with E-state index in [1.54, 1.807) is 0 Å². The first-order valence-corrected chi connectivity index (χ1v) is 17.0. The van der Waals surface area contributed by atoms with Crippen LogP contribution in [0.2, 0.25) is 0 Å². The molecule has 0 unspecified atom stereocenters. The van der Waals surface area contributed by atoms with Gasteiger partial charge in [0.25, 0.3) is 0 Å². The number of nitrogens with zero attached hydrogens (tertiary/aromatic N) is 5. The molecule has 47 heavy (non-hydrogen) atoms.